The second-order valence-corrected chi connectivity index (χ2v) is 14.1. The maximum atomic E-state index is 13.2. The summed E-state index contributed by atoms with van der Waals surface area (Å²) in [7, 11) is 0. The van der Waals surface area contributed by atoms with E-state index in [0.717, 1.165) is 0 Å². The van der Waals surface area contributed by atoms with Crippen LogP contribution in [0.25, 0.3) is 11.3 Å². The van der Waals surface area contributed by atoms with Crippen LogP contribution in [0.5, 0.6) is 0 Å². The molecular formula is C31H44Cl2N6O6. The lowest BCUT2D eigenvalue weighted by atomic mass is 9.74. The average molecular weight is 668 g/mol. The fourth-order valence-electron chi connectivity index (χ4n) is 4.78. The number of hydrogen-bond donors (Lipinski definition) is 2. The van der Waals surface area contributed by atoms with E-state index >= 15 is 0 Å². The van der Waals surface area contributed by atoms with E-state index in [9.17, 15) is 14.4 Å². The Morgan fingerprint density at radius 1 is 1.00 bits per heavy atom. The summed E-state index contributed by atoms with van der Waals surface area (Å²) in [5.74, 6) is -0.174. The lowest BCUT2D eigenvalue weighted by Crippen LogP contribution is -2.51. The van der Waals surface area contributed by atoms with Gasteiger partial charge in [-0.25, -0.2) is 29.3 Å². The highest BCUT2D eigenvalue weighted by Gasteiger charge is 2.38. The molecule has 0 aromatic carbocycles. The number of aryl methyl sites for hydroxylation is 1. The van der Waals surface area contributed by atoms with E-state index in [-0.39, 0.29) is 45.4 Å². The Morgan fingerprint density at radius 3 is 2.13 bits per heavy atom. The maximum absolute atomic E-state index is 13.2. The molecule has 0 saturated carbocycles. The van der Waals surface area contributed by atoms with Gasteiger partial charge < -0.3 is 24.4 Å². The van der Waals surface area contributed by atoms with E-state index in [2.05, 4.69) is 22.5 Å². The van der Waals surface area contributed by atoms with E-state index in [1.54, 1.807) is 34.6 Å². The van der Waals surface area contributed by atoms with Gasteiger partial charge in [-0.3, -0.25) is 5.32 Å². The van der Waals surface area contributed by atoms with Gasteiger partial charge in [-0.1, -0.05) is 30.1 Å². The van der Waals surface area contributed by atoms with Crippen LogP contribution in [0.4, 0.5) is 21.2 Å². The molecule has 2 aromatic rings. The predicted octanol–water partition coefficient (Wildman–Crippen LogP) is 7.20. The molecule has 0 radical (unpaired) electrons. The molecule has 1 atom stereocenters. The Morgan fingerprint density at radius 2 is 1.58 bits per heavy atom. The molecule has 248 valence electrons. The third-order valence-corrected chi connectivity index (χ3v) is 8.06. The first-order valence-electron chi connectivity index (χ1n) is 14.9. The molecule has 45 heavy (non-hydrogen) atoms. The lowest BCUT2D eigenvalue weighted by Gasteiger charge is -2.44. The summed E-state index contributed by atoms with van der Waals surface area (Å²) in [5.41, 5.74) is -0.460. The zero-order valence-electron chi connectivity index (χ0n) is 27.7. The van der Waals surface area contributed by atoms with Crippen molar-refractivity contribution in [3.8, 4) is 11.3 Å². The number of piperidine rings is 1. The maximum Gasteiger partial charge on any atom is 0.413 e. The molecule has 2 N–H and O–H groups in total. The summed E-state index contributed by atoms with van der Waals surface area (Å²) in [4.78, 5) is 53.7. The van der Waals surface area contributed by atoms with Gasteiger partial charge in [0.1, 0.15) is 17.0 Å². The molecule has 2 amide bonds. The van der Waals surface area contributed by atoms with Crippen LogP contribution in [-0.4, -0.2) is 70.0 Å². The number of rotatable bonds is 7. The summed E-state index contributed by atoms with van der Waals surface area (Å²) < 4.78 is 16.1. The second kappa shape index (κ2) is 13.9. The quantitative estimate of drug-likeness (QED) is 0.177. The Balaban J connectivity index is 1.93. The topological polar surface area (TPSA) is 145 Å². The summed E-state index contributed by atoms with van der Waals surface area (Å²) in [6, 6.07) is 1.34. The molecule has 3 rings (SSSR count). The number of hydrogen-bond acceptors (Lipinski definition) is 10. The number of halogens is 2. The van der Waals surface area contributed by atoms with E-state index in [4.69, 9.17) is 47.4 Å². The molecule has 0 spiro atoms. The fourth-order valence-corrected chi connectivity index (χ4v) is 5.16. The number of pyridine rings is 1. The van der Waals surface area contributed by atoms with Gasteiger partial charge in [-0.05, 0) is 86.6 Å². The van der Waals surface area contributed by atoms with E-state index in [1.807, 2.05) is 32.6 Å². The largest absolute Gasteiger partial charge is 0.461 e. The van der Waals surface area contributed by atoms with Crippen molar-refractivity contribution in [2.75, 3.05) is 29.9 Å². The first-order valence-corrected chi connectivity index (χ1v) is 15.6. The third-order valence-electron chi connectivity index (χ3n) is 7.31. The number of aromatic nitrogens is 3. The normalized spacial score (nSPS) is 15.6. The number of nitrogens with one attached hydrogen (secondary N) is 2. The van der Waals surface area contributed by atoms with Crippen LogP contribution < -0.4 is 15.5 Å². The smallest absolute Gasteiger partial charge is 0.413 e. The first kappa shape index (κ1) is 36.1. The minimum Gasteiger partial charge on any atom is -0.461 e. The van der Waals surface area contributed by atoms with E-state index < -0.39 is 29.4 Å². The number of amides is 2. The number of anilines is 2. The summed E-state index contributed by atoms with van der Waals surface area (Å²) in [6.07, 6.45) is 0.234. The first-order chi connectivity index (χ1) is 20.7. The summed E-state index contributed by atoms with van der Waals surface area (Å²) in [5, 5.41) is 5.53. The van der Waals surface area contributed by atoms with Crippen molar-refractivity contribution in [2.45, 2.75) is 99.3 Å². The molecule has 1 fully saturated rings. The Hall–Kier alpha value is -3.38. The van der Waals surface area contributed by atoms with Gasteiger partial charge in [-0.15, -0.1) is 0 Å². The fraction of sp³-hybridized carbons (Fsp3) is 0.613. The van der Waals surface area contributed by atoms with Crippen LogP contribution in [-0.2, 0) is 14.2 Å². The Kier molecular flexibility index (Phi) is 11.2. The molecule has 1 unspecified atom stereocenters. The predicted molar refractivity (Wildman–Crippen MR) is 174 cm³/mol. The molecule has 1 aliphatic rings. The van der Waals surface area contributed by atoms with Crippen molar-refractivity contribution in [1.82, 2.24) is 20.3 Å². The summed E-state index contributed by atoms with van der Waals surface area (Å²) in [6.45, 7) is 19.5. The highest BCUT2D eigenvalue weighted by atomic mass is 35.5. The SMILES string of the molecule is CCOC(=O)c1nc(-c2cc(NC(=O)OC(C)(C)C)nc(Cl)c2Cl)c(C)nc1N1CCC(C)(C(C)NC(=O)OC(C)(C)C)CC1. The van der Waals surface area contributed by atoms with Gasteiger partial charge in [0, 0.05) is 24.7 Å². The number of nitrogens with zero attached hydrogens (tertiary/aromatic N) is 4. The molecule has 0 bridgehead atoms. The van der Waals surface area contributed by atoms with Gasteiger partial charge >= 0.3 is 18.2 Å². The molecule has 2 aromatic heterocycles. The van der Waals surface area contributed by atoms with Gasteiger partial charge in [0.2, 0.25) is 0 Å². The van der Waals surface area contributed by atoms with Crippen LogP contribution in [0.15, 0.2) is 6.07 Å². The monoisotopic (exact) mass is 666 g/mol. The highest BCUT2D eigenvalue weighted by Crippen LogP contribution is 2.39. The molecule has 14 heteroatoms. The van der Waals surface area contributed by atoms with Crippen molar-refractivity contribution in [2.24, 2.45) is 5.41 Å². The lowest BCUT2D eigenvalue weighted by molar-refractivity contribution is 0.0439. The average Bonchev–Trinajstić information content (AvgIpc) is 2.89. The molecule has 1 saturated heterocycles. The molecule has 0 aliphatic carbocycles. The minimum atomic E-state index is -0.728. The van der Waals surface area contributed by atoms with Crippen LogP contribution in [0.2, 0.25) is 10.2 Å². The number of carbonyl (C=O) groups excluding carboxylic acids is 3. The van der Waals surface area contributed by atoms with Gasteiger partial charge in [0.05, 0.1) is 23.0 Å². The molecular weight excluding hydrogens is 623 g/mol. The molecule has 3 heterocycles. The van der Waals surface area contributed by atoms with Gasteiger partial charge in [0.25, 0.3) is 0 Å². The number of alkyl carbamates (subject to hydrolysis) is 1. The standard InChI is InChI=1S/C31H44Cl2N6O6/c1-11-43-26(40)23-25(39-14-12-31(10,13-15-39)18(3)35-27(41)44-29(4,5)6)34-17(2)22(38-23)19-16-20(36-24(33)21(19)32)37-28(42)45-30(7,8)9/h16,18H,11-15H2,1-10H3,(H,35,41)(H,36,37,42). The van der Waals surface area contributed by atoms with Crippen molar-refractivity contribution in [3.63, 3.8) is 0 Å². The summed E-state index contributed by atoms with van der Waals surface area (Å²) >= 11 is 12.9. The van der Waals surface area contributed by atoms with E-state index in [0.29, 0.717) is 43.0 Å². The molecule has 12 nitrogen and oxygen atoms in total. The number of ether oxygens (including phenoxy) is 3. The van der Waals surface area contributed by atoms with Crippen LogP contribution in [0, 0.1) is 12.3 Å². The van der Waals surface area contributed by atoms with Crippen LogP contribution in [0.3, 0.4) is 0 Å². The molecule has 1 aliphatic heterocycles. The zero-order chi connectivity index (χ0) is 33.9. The zero-order valence-corrected chi connectivity index (χ0v) is 29.2. The minimum absolute atomic E-state index is 0.0200. The van der Waals surface area contributed by atoms with Crippen LogP contribution >= 0.6 is 23.2 Å². The number of carbonyl (C=O) groups is 3. The van der Waals surface area contributed by atoms with Gasteiger partial charge in [-0.2, -0.15) is 0 Å². The Bertz CT molecular complexity index is 1430. The van der Waals surface area contributed by atoms with Crippen molar-refractivity contribution >= 4 is 53.0 Å². The number of esters is 1. The van der Waals surface area contributed by atoms with Crippen molar-refractivity contribution < 1.29 is 28.6 Å². The van der Waals surface area contributed by atoms with Crippen molar-refractivity contribution in [1.29, 1.82) is 0 Å². The van der Waals surface area contributed by atoms with Crippen LogP contribution in [0.1, 0.15) is 91.3 Å². The Labute approximate surface area is 274 Å². The highest BCUT2D eigenvalue weighted by molar-refractivity contribution is 6.43. The van der Waals surface area contributed by atoms with E-state index in [1.165, 1.54) is 6.07 Å². The second-order valence-electron chi connectivity index (χ2n) is 13.3. The third kappa shape index (κ3) is 9.56. The van der Waals surface area contributed by atoms with Crippen molar-refractivity contribution in [3.05, 3.63) is 27.6 Å². The van der Waals surface area contributed by atoms with Gasteiger partial charge in [0.15, 0.2) is 16.7 Å².